The lowest BCUT2D eigenvalue weighted by Crippen LogP contribution is -2.41. The Bertz CT molecular complexity index is 597. The highest BCUT2D eigenvalue weighted by Gasteiger charge is 2.22. The molecule has 0 heterocycles. The molecule has 0 aliphatic carbocycles. The monoisotopic (exact) mass is 309 g/mol. The van der Waals surface area contributed by atoms with E-state index in [2.05, 4.69) is 10.1 Å². The van der Waals surface area contributed by atoms with Crippen LogP contribution in [0.4, 0.5) is 0 Å². The van der Waals surface area contributed by atoms with Crippen molar-refractivity contribution in [2.75, 3.05) is 7.11 Å². The van der Waals surface area contributed by atoms with Crippen LogP contribution in [0.5, 0.6) is 0 Å². The van der Waals surface area contributed by atoms with Crippen LogP contribution >= 0.6 is 0 Å². The normalized spacial score (nSPS) is 11.3. The minimum absolute atomic E-state index is 0.0736. The zero-order valence-electron chi connectivity index (χ0n) is 11.7. The Hall–Kier alpha value is -2.90. The topological polar surface area (TPSA) is 130 Å². The molecule has 0 aliphatic heterocycles. The van der Waals surface area contributed by atoms with Gasteiger partial charge in [0.25, 0.3) is 5.91 Å². The number of carboxylic acid groups (broad SMARTS) is 2. The Morgan fingerprint density at radius 1 is 1.18 bits per heavy atom. The number of hydrogen-bond donors (Lipinski definition) is 3. The SMILES string of the molecule is COC(=O)c1cccc(C(=O)NC(CCC(=O)O)C(=O)O)c1. The van der Waals surface area contributed by atoms with E-state index in [1.807, 2.05) is 0 Å². The number of hydrogen-bond acceptors (Lipinski definition) is 5. The van der Waals surface area contributed by atoms with E-state index in [-0.39, 0.29) is 24.0 Å². The lowest BCUT2D eigenvalue weighted by Gasteiger charge is -2.13. The molecule has 0 fully saturated rings. The highest BCUT2D eigenvalue weighted by molar-refractivity contribution is 5.99. The first-order valence-corrected chi connectivity index (χ1v) is 6.29. The van der Waals surface area contributed by atoms with Gasteiger partial charge in [-0.3, -0.25) is 9.59 Å². The molecule has 118 valence electrons. The predicted molar refractivity (Wildman–Crippen MR) is 73.5 cm³/mol. The lowest BCUT2D eigenvalue weighted by atomic mass is 10.1. The van der Waals surface area contributed by atoms with Crippen molar-refractivity contribution in [3.63, 3.8) is 0 Å². The average molecular weight is 309 g/mol. The number of carbonyl (C=O) groups is 4. The second kappa shape index (κ2) is 7.77. The van der Waals surface area contributed by atoms with Gasteiger partial charge < -0.3 is 20.3 Å². The summed E-state index contributed by atoms with van der Waals surface area (Å²) in [4.78, 5) is 44.9. The zero-order valence-corrected chi connectivity index (χ0v) is 11.7. The van der Waals surface area contributed by atoms with Crippen LogP contribution in [0.15, 0.2) is 24.3 Å². The number of benzene rings is 1. The summed E-state index contributed by atoms with van der Waals surface area (Å²) in [7, 11) is 1.20. The van der Waals surface area contributed by atoms with E-state index >= 15 is 0 Å². The maximum absolute atomic E-state index is 12.0. The first-order valence-electron chi connectivity index (χ1n) is 6.29. The largest absolute Gasteiger partial charge is 0.481 e. The third-order valence-corrected chi connectivity index (χ3v) is 2.80. The predicted octanol–water partition coefficient (Wildman–Crippen LogP) is 0.521. The first-order chi connectivity index (χ1) is 10.3. The summed E-state index contributed by atoms with van der Waals surface area (Å²) in [5.74, 6) is -3.84. The quantitative estimate of drug-likeness (QED) is 0.626. The van der Waals surface area contributed by atoms with E-state index in [0.29, 0.717) is 0 Å². The molecular formula is C14H15NO7. The summed E-state index contributed by atoms with van der Waals surface area (Å²) in [6.45, 7) is 0. The molecule has 22 heavy (non-hydrogen) atoms. The number of carboxylic acids is 2. The summed E-state index contributed by atoms with van der Waals surface area (Å²) in [5, 5.41) is 19.8. The highest BCUT2D eigenvalue weighted by atomic mass is 16.5. The molecule has 1 rings (SSSR count). The van der Waals surface area contributed by atoms with Crippen molar-refractivity contribution in [2.45, 2.75) is 18.9 Å². The molecule has 0 spiro atoms. The van der Waals surface area contributed by atoms with Crippen LogP contribution in [0.3, 0.4) is 0 Å². The zero-order chi connectivity index (χ0) is 16.7. The molecule has 0 bridgehead atoms. The van der Waals surface area contributed by atoms with Gasteiger partial charge in [0, 0.05) is 12.0 Å². The fourth-order valence-electron chi connectivity index (χ4n) is 1.67. The van der Waals surface area contributed by atoms with E-state index in [9.17, 15) is 19.2 Å². The molecular weight excluding hydrogens is 294 g/mol. The van der Waals surface area contributed by atoms with Crippen LogP contribution in [0.1, 0.15) is 33.6 Å². The highest BCUT2D eigenvalue weighted by Crippen LogP contribution is 2.08. The van der Waals surface area contributed by atoms with Crippen molar-refractivity contribution < 1.29 is 34.1 Å². The van der Waals surface area contributed by atoms with Gasteiger partial charge in [-0.05, 0) is 24.6 Å². The number of esters is 1. The van der Waals surface area contributed by atoms with Crippen molar-refractivity contribution in [1.82, 2.24) is 5.32 Å². The van der Waals surface area contributed by atoms with Gasteiger partial charge in [0.05, 0.1) is 12.7 Å². The first kappa shape index (κ1) is 17.2. The van der Waals surface area contributed by atoms with E-state index in [0.717, 1.165) is 0 Å². The second-order valence-corrected chi connectivity index (χ2v) is 4.37. The van der Waals surface area contributed by atoms with Gasteiger partial charge in [-0.2, -0.15) is 0 Å². The third kappa shape index (κ3) is 4.89. The molecule has 1 aromatic carbocycles. The van der Waals surface area contributed by atoms with Gasteiger partial charge in [0.2, 0.25) is 0 Å². The molecule has 8 heteroatoms. The lowest BCUT2D eigenvalue weighted by molar-refractivity contribution is -0.140. The van der Waals surface area contributed by atoms with Crippen molar-refractivity contribution in [1.29, 1.82) is 0 Å². The number of carbonyl (C=O) groups excluding carboxylic acids is 2. The van der Waals surface area contributed by atoms with Crippen LogP contribution in [-0.2, 0) is 14.3 Å². The molecule has 0 aromatic heterocycles. The molecule has 3 N–H and O–H groups in total. The van der Waals surface area contributed by atoms with Crippen molar-refractivity contribution in [3.8, 4) is 0 Å². The van der Waals surface area contributed by atoms with E-state index in [1.54, 1.807) is 0 Å². The van der Waals surface area contributed by atoms with Gasteiger partial charge in [0.15, 0.2) is 0 Å². The van der Waals surface area contributed by atoms with Crippen molar-refractivity contribution >= 4 is 23.8 Å². The molecule has 0 saturated heterocycles. The average Bonchev–Trinajstić information content (AvgIpc) is 2.49. The maximum atomic E-state index is 12.0. The van der Waals surface area contributed by atoms with Crippen LogP contribution in [0, 0.1) is 0 Å². The van der Waals surface area contributed by atoms with Gasteiger partial charge in [-0.15, -0.1) is 0 Å². The Morgan fingerprint density at radius 2 is 1.82 bits per heavy atom. The van der Waals surface area contributed by atoms with E-state index < -0.39 is 29.9 Å². The third-order valence-electron chi connectivity index (χ3n) is 2.80. The Morgan fingerprint density at radius 3 is 2.36 bits per heavy atom. The Labute approximate surface area is 125 Å². The van der Waals surface area contributed by atoms with Crippen molar-refractivity contribution in [2.24, 2.45) is 0 Å². The Balaban J connectivity index is 2.83. The molecule has 1 aromatic rings. The van der Waals surface area contributed by atoms with E-state index in [4.69, 9.17) is 10.2 Å². The van der Waals surface area contributed by atoms with Gasteiger partial charge >= 0.3 is 17.9 Å². The Kier molecular flexibility index (Phi) is 6.06. The number of nitrogens with one attached hydrogen (secondary N) is 1. The molecule has 1 unspecified atom stereocenters. The second-order valence-electron chi connectivity index (χ2n) is 4.37. The molecule has 1 atom stereocenters. The number of aliphatic carboxylic acids is 2. The summed E-state index contributed by atoms with van der Waals surface area (Å²) in [6.07, 6.45) is -0.632. The maximum Gasteiger partial charge on any atom is 0.337 e. The summed E-state index contributed by atoms with van der Waals surface area (Å²) in [6, 6.07) is 4.23. The fourth-order valence-corrected chi connectivity index (χ4v) is 1.67. The van der Waals surface area contributed by atoms with Crippen LogP contribution < -0.4 is 5.32 Å². The number of rotatable bonds is 7. The van der Waals surface area contributed by atoms with Gasteiger partial charge in [-0.25, -0.2) is 9.59 Å². The summed E-state index contributed by atoms with van der Waals surface area (Å²) in [5.41, 5.74) is 0.219. The van der Waals surface area contributed by atoms with Gasteiger partial charge in [0.1, 0.15) is 6.04 Å². The van der Waals surface area contributed by atoms with E-state index in [1.165, 1.54) is 31.4 Å². The summed E-state index contributed by atoms with van der Waals surface area (Å²) >= 11 is 0. The van der Waals surface area contributed by atoms with Gasteiger partial charge in [-0.1, -0.05) is 6.07 Å². The minimum atomic E-state index is -1.33. The van der Waals surface area contributed by atoms with Crippen molar-refractivity contribution in [3.05, 3.63) is 35.4 Å². The van der Waals surface area contributed by atoms with Crippen LogP contribution in [0.25, 0.3) is 0 Å². The number of amides is 1. The minimum Gasteiger partial charge on any atom is -0.481 e. The molecule has 0 saturated carbocycles. The summed E-state index contributed by atoms with van der Waals surface area (Å²) < 4.78 is 4.53. The van der Waals surface area contributed by atoms with Crippen LogP contribution in [0.2, 0.25) is 0 Å². The number of ether oxygens (including phenoxy) is 1. The number of methoxy groups -OCH3 is 1. The molecule has 0 aliphatic rings. The molecule has 0 radical (unpaired) electrons. The standard InChI is InChI=1S/C14H15NO7/c1-22-14(21)9-4-2-3-8(7-9)12(18)15-10(13(19)20)5-6-11(16)17/h2-4,7,10H,5-6H2,1H3,(H,15,18)(H,16,17)(H,19,20). The molecule has 8 nitrogen and oxygen atoms in total. The molecule has 1 amide bonds. The smallest absolute Gasteiger partial charge is 0.337 e. The van der Waals surface area contributed by atoms with Crippen LogP contribution in [-0.4, -0.2) is 47.2 Å². The fraction of sp³-hybridized carbons (Fsp3) is 0.286.